The number of hydrogen-bond acceptors (Lipinski definition) is 2. The van der Waals surface area contributed by atoms with E-state index in [-0.39, 0.29) is 5.82 Å². The maximum Gasteiger partial charge on any atom is 0.128 e. The molecule has 3 rings (SSSR count). The Labute approximate surface area is 129 Å². The van der Waals surface area contributed by atoms with Crippen molar-refractivity contribution in [2.75, 3.05) is 6.61 Å². The van der Waals surface area contributed by atoms with E-state index in [9.17, 15) is 4.39 Å². The fourth-order valence-electron chi connectivity index (χ4n) is 2.96. The number of aryl methyl sites for hydroxylation is 2. The van der Waals surface area contributed by atoms with Crippen molar-refractivity contribution in [3.63, 3.8) is 0 Å². The Hall–Kier alpha value is -1.13. The summed E-state index contributed by atoms with van der Waals surface area (Å²) in [6.07, 6.45) is 4.79. The Morgan fingerprint density at radius 3 is 3.00 bits per heavy atom. The van der Waals surface area contributed by atoms with Gasteiger partial charge in [-0.3, -0.25) is 0 Å². The van der Waals surface area contributed by atoms with Crippen molar-refractivity contribution in [2.45, 2.75) is 51.1 Å². The average molecular weight is 311 g/mol. The molecule has 1 atom stereocenters. The molecule has 1 saturated heterocycles. The molecule has 1 aliphatic heterocycles. The van der Waals surface area contributed by atoms with Crippen molar-refractivity contribution < 1.29 is 9.13 Å². The van der Waals surface area contributed by atoms with Crippen LogP contribution in [-0.4, -0.2) is 22.3 Å². The first-order chi connectivity index (χ1) is 10.2. The summed E-state index contributed by atoms with van der Waals surface area (Å²) >= 11 is 6.00. The predicted molar refractivity (Wildman–Crippen MR) is 82.2 cm³/mol. The van der Waals surface area contributed by atoms with Gasteiger partial charge in [0.1, 0.15) is 11.6 Å². The van der Waals surface area contributed by atoms with Crippen LogP contribution >= 0.6 is 11.6 Å². The summed E-state index contributed by atoms with van der Waals surface area (Å²) in [4.78, 5) is 4.45. The van der Waals surface area contributed by atoms with Gasteiger partial charge in [-0.1, -0.05) is 0 Å². The largest absolute Gasteiger partial charge is 0.378 e. The minimum absolute atomic E-state index is 0.219. The summed E-state index contributed by atoms with van der Waals surface area (Å²) in [7, 11) is 0. The number of aromatic nitrogens is 2. The van der Waals surface area contributed by atoms with Gasteiger partial charge in [0.15, 0.2) is 0 Å². The highest BCUT2D eigenvalue weighted by atomic mass is 35.5. The Morgan fingerprint density at radius 2 is 2.29 bits per heavy atom. The van der Waals surface area contributed by atoms with Gasteiger partial charge in [0, 0.05) is 19.2 Å². The van der Waals surface area contributed by atoms with E-state index in [0.29, 0.717) is 23.1 Å². The van der Waals surface area contributed by atoms with E-state index in [0.717, 1.165) is 43.8 Å². The lowest BCUT2D eigenvalue weighted by molar-refractivity contribution is 0.00889. The summed E-state index contributed by atoms with van der Waals surface area (Å²) in [5.41, 5.74) is 2.28. The van der Waals surface area contributed by atoms with Gasteiger partial charge in [0.05, 0.1) is 23.0 Å². The molecule has 2 aromatic rings. The van der Waals surface area contributed by atoms with E-state index < -0.39 is 0 Å². The number of fused-ring (bicyclic) bond motifs is 1. The SMILES string of the molecule is Cc1cc2c(cc1F)nc(CCl)n2CCC1CCCCO1. The van der Waals surface area contributed by atoms with Crippen molar-refractivity contribution in [1.82, 2.24) is 9.55 Å². The van der Waals surface area contributed by atoms with Gasteiger partial charge in [-0.05, 0) is 44.2 Å². The Morgan fingerprint density at radius 1 is 1.43 bits per heavy atom. The van der Waals surface area contributed by atoms with Crippen LogP contribution in [0.2, 0.25) is 0 Å². The molecule has 2 heterocycles. The Balaban J connectivity index is 1.86. The van der Waals surface area contributed by atoms with Crippen LogP contribution in [0.4, 0.5) is 4.39 Å². The number of hydrogen-bond donors (Lipinski definition) is 0. The van der Waals surface area contributed by atoms with E-state index in [2.05, 4.69) is 9.55 Å². The highest BCUT2D eigenvalue weighted by molar-refractivity contribution is 6.16. The second-order valence-corrected chi connectivity index (χ2v) is 5.95. The van der Waals surface area contributed by atoms with Crippen molar-refractivity contribution >= 4 is 22.6 Å². The van der Waals surface area contributed by atoms with Gasteiger partial charge >= 0.3 is 0 Å². The first-order valence-corrected chi connectivity index (χ1v) is 8.05. The van der Waals surface area contributed by atoms with Crippen LogP contribution < -0.4 is 0 Å². The standard InChI is InChI=1S/C16H20ClFN2O/c1-11-8-15-14(9-13(11)18)19-16(10-17)20(15)6-5-12-4-2-3-7-21-12/h8-9,12H,2-7,10H2,1H3. The minimum atomic E-state index is -0.219. The average Bonchev–Trinajstić information content (AvgIpc) is 2.83. The summed E-state index contributed by atoms with van der Waals surface area (Å²) in [5, 5.41) is 0. The highest BCUT2D eigenvalue weighted by Gasteiger charge is 2.17. The molecule has 1 aromatic heterocycles. The molecular formula is C16H20ClFN2O. The van der Waals surface area contributed by atoms with Crippen LogP contribution in [0.1, 0.15) is 37.1 Å². The van der Waals surface area contributed by atoms with E-state index in [1.54, 1.807) is 6.92 Å². The van der Waals surface area contributed by atoms with Gasteiger partial charge < -0.3 is 9.30 Å². The molecule has 0 saturated carbocycles. The lowest BCUT2D eigenvalue weighted by atomic mass is 10.1. The number of nitrogens with zero attached hydrogens (tertiary/aromatic N) is 2. The van der Waals surface area contributed by atoms with E-state index in [1.165, 1.54) is 12.5 Å². The molecule has 1 fully saturated rings. The summed E-state index contributed by atoms with van der Waals surface area (Å²) in [5.74, 6) is 0.914. The second-order valence-electron chi connectivity index (χ2n) is 5.68. The van der Waals surface area contributed by atoms with Crippen molar-refractivity contribution in [3.8, 4) is 0 Å². The zero-order valence-electron chi connectivity index (χ0n) is 12.2. The van der Waals surface area contributed by atoms with Gasteiger partial charge in [0.25, 0.3) is 0 Å². The maximum atomic E-state index is 13.7. The molecule has 1 unspecified atom stereocenters. The fourth-order valence-corrected chi connectivity index (χ4v) is 3.16. The molecule has 0 bridgehead atoms. The second kappa shape index (κ2) is 6.32. The van der Waals surface area contributed by atoms with Crippen LogP contribution in [0.25, 0.3) is 11.0 Å². The van der Waals surface area contributed by atoms with E-state index >= 15 is 0 Å². The van der Waals surface area contributed by atoms with Crippen LogP contribution in [0.3, 0.4) is 0 Å². The summed E-state index contributed by atoms with van der Waals surface area (Å²) < 4.78 is 21.5. The van der Waals surface area contributed by atoms with Crippen molar-refractivity contribution in [3.05, 3.63) is 29.3 Å². The number of halogens is 2. The molecule has 114 valence electrons. The normalized spacial score (nSPS) is 19.3. The topological polar surface area (TPSA) is 27.1 Å². The van der Waals surface area contributed by atoms with Crippen LogP contribution in [0, 0.1) is 12.7 Å². The van der Waals surface area contributed by atoms with Crippen LogP contribution in [0.15, 0.2) is 12.1 Å². The quantitative estimate of drug-likeness (QED) is 0.792. The monoisotopic (exact) mass is 310 g/mol. The van der Waals surface area contributed by atoms with Crippen molar-refractivity contribution in [2.24, 2.45) is 0 Å². The molecule has 0 aliphatic carbocycles. The third-order valence-corrected chi connectivity index (χ3v) is 4.41. The number of ether oxygens (including phenoxy) is 1. The van der Waals surface area contributed by atoms with Gasteiger partial charge in [-0.2, -0.15) is 0 Å². The molecule has 1 aliphatic rings. The summed E-state index contributed by atoms with van der Waals surface area (Å²) in [6, 6.07) is 3.35. The Kier molecular flexibility index (Phi) is 4.45. The molecule has 0 amide bonds. The molecular weight excluding hydrogens is 291 g/mol. The Bertz CT molecular complexity index is 635. The number of benzene rings is 1. The number of rotatable bonds is 4. The molecule has 21 heavy (non-hydrogen) atoms. The van der Waals surface area contributed by atoms with E-state index in [1.807, 2.05) is 6.07 Å². The van der Waals surface area contributed by atoms with Crippen LogP contribution in [0.5, 0.6) is 0 Å². The third kappa shape index (κ3) is 3.06. The first kappa shape index (κ1) is 14.8. The molecule has 0 spiro atoms. The minimum Gasteiger partial charge on any atom is -0.378 e. The smallest absolute Gasteiger partial charge is 0.128 e. The van der Waals surface area contributed by atoms with Gasteiger partial charge in [-0.15, -0.1) is 11.6 Å². The molecule has 0 N–H and O–H groups in total. The third-order valence-electron chi connectivity index (χ3n) is 4.18. The lowest BCUT2D eigenvalue weighted by Gasteiger charge is -2.23. The first-order valence-electron chi connectivity index (χ1n) is 7.52. The van der Waals surface area contributed by atoms with E-state index in [4.69, 9.17) is 16.3 Å². The summed E-state index contributed by atoms with van der Waals surface area (Å²) in [6.45, 7) is 3.45. The highest BCUT2D eigenvalue weighted by Crippen LogP contribution is 2.23. The molecule has 1 aromatic carbocycles. The number of alkyl halides is 1. The zero-order valence-corrected chi connectivity index (χ0v) is 13.0. The van der Waals surface area contributed by atoms with Gasteiger partial charge in [-0.25, -0.2) is 9.37 Å². The predicted octanol–water partition coefficient (Wildman–Crippen LogP) is 4.18. The lowest BCUT2D eigenvalue weighted by Crippen LogP contribution is -2.21. The molecule has 0 radical (unpaired) electrons. The molecule has 5 heteroatoms. The maximum absolute atomic E-state index is 13.7. The zero-order chi connectivity index (χ0) is 14.8. The van der Waals surface area contributed by atoms with Gasteiger partial charge in [0.2, 0.25) is 0 Å². The van der Waals surface area contributed by atoms with Crippen molar-refractivity contribution in [1.29, 1.82) is 0 Å². The number of imidazole rings is 1. The van der Waals surface area contributed by atoms with Crippen LogP contribution in [-0.2, 0) is 17.2 Å². The fraction of sp³-hybridized carbons (Fsp3) is 0.562. The molecule has 3 nitrogen and oxygen atoms in total.